The zero-order valence-electron chi connectivity index (χ0n) is 13.3. The second-order valence-corrected chi connectivity index (χ2v) is 7.86. The summed E-state index contributed by atoms with van der Waals surface area (Å²) in [5, 5.41) is 3.25. The lowest BCUT2D eigenvalue weighted by molar-refractivity contribution is 0.263. The Morgan fingerprint density at radius 2 is 2.10 bits per heavy atom. The van der Waals surface area contributed by atoms with Crippen LogP contribution in [-0.4, -0.2) is 37.4 Å². The highest BCUT2D eigenvalue weighted by Gasteiger charge is 2.27. The Hall–Kier alpha value is -0.850. The number of nitrogens with one attached hydrogen (secondary N) is 1. The van der Waals surface area contributed by atoms with Gasteiger partial charge in [-0.2, -0.15) is 0 Å². The SMILES string of the molecule is CCNCc1cc(S(=O)(=O)N(C)CC2CCC2)cn1CC. The van der Waals surface area contributed by atoms with Gasteiger partial charge in [0.15, 0.2) is 0 Å². The molecule has 1 saturated carbocycles. The van der Waals surface area contributed by atoms with Crippen molar-refractivity contribution in [1.29, 1.82) is 0 Å². The fourth-order valence-corrected chi connectivity index (χ4v) is 3.99. The summed E-state index contributed by atoms with van der Waals surface area (Å²) in [5.74, 6) is 0.541. The van der Waals surface area contributed by atoms with E-state index in [0.717, 1.165) is 31.6 Å². The van der Waals surface area contributed by atoms with Crippen LogP contribution in [0.25, 0.3) is 0 Å². The minimum absolute atomic E-state index is 0.416. The summed E-state index contributed by atoms with van der Waals surface area (Å²) < 4.78 is 28.8. The fraction of sp³-hybridized carbons (Fsp3) is 0.733. The summed E-state index contributed by atoms with van der Waals surface area (Å²) in [4.78, 5) is 0.416. The second kappa shape index (κ2) is 6.94. The van der Waals surface area contributed by atoms with Crippen molar-refractivity contribution in [2.45, 2.75) is 51.1 Å². The van der Waals surface area contributed by atoms with Gasteiger partial charge >= 0.3 is 0 Å². The molecule has 0 spiro atoms. The second-order valence-electron chi connectivity index (χ2n) is 5.82. The van der Waals surface area contributed by atoms with Crippen LogP contribution in [0.15, 0.2) is 17.2 Å². The number of rotatable bonds is 8. The summed E-state index contributed by atoms with van der Waals surface area (Å²) in [7, 11) is -1.67. The maximum Gasteiger partial charge on any atom is 0.244 e. The molecule has 0 bridgehead atoms. The van der Waals surface area contributed by atoms with Crippen molar-refractivity contribution < 1.29 is 8.42 Å². The third kappa shape index (κ3) is 3.67. The predicted molar refractivity (Wildman–Crippen MR) is 84.6 cm³/mol. The van der Waals surface area contributed by atoms with E-state index in [4.69, 9.17) is 0 Å². The van der Waals surface area contributed by atoms with Gasteiger partial charge in [-0.25, -0.2) is 12.7 Å². The first-order valence-corrected chi connectivity index (χ1v) is 9.29. The molecule has 1 fully saturated rings. The van der Waals surface area contributed by atoms with E-state index in [1.54, 1.807) is 19.3 Å². The minimum atomic E-state index is -3.36. The van der Waals surface area contributed by atoms with E-state index in [0.29, 0.717) is 23.9 Å². The number of aromatic nitrogens is 1. The van der Waals surface area contributed by atoms with Crippen molar-refractivity contribution in [1.82, 2.24) is 14.2 Å². The Labute approximate surface area is 128 Å². The Kier molecular flexibility index (Phi) is 5.46. The Balaban J connectivity index is 2.16. The van der Waals surface area contributed by atoms with Gasteiger partial charge in [0.2, 0.25) is 10.0 Å². The van der Waals surface area contributed by atoms with E-state index in [1.807, 2.05) is 18.4 Å². The third-order valence-electron chi connectivity index (χ3n) is 4.31. The monoisotopic (exact) mass is 313 g/mol. The normalized spacial score (nSPS) is 16.4. The molecule has 1 aliphatic carbocycles. The van der Waals surface area contributed by atoms with Gasteiger partial charge in [0.05, 0.1) is 0 Å². The molecule has 120 valence electrons. The zero-order valence-corrected chi connectivity index (χ0v) is 14.1. The molecule has 0 aromatic carbocycles. The molecule has 1 aliphatic rings. The smallest absolute Gasteiger partial charge is 0.244 e. The van der Waals surface area contributed by atoms with Gasteiger partial charge in [-0.05, 0) is 38.3 Å². The molecule has 5 nitrogen and oxygen atoms in total. The van der Waals surface area contributed by atoms with Gasteiger partial charge in [0, 0.05) is 38.6 Å². The maximum absolute atomic E-state index is 12.7. The van der Waals surface area contributed by atoms with Crippen molar-refractivity contribution in [3.63, 3.8) is 0 Å². The molecule has 0 atom stereocenters. The molecule has 1 aromatic heterocycles. The van der Waals surface area contributed by atoms with Crippen molar-refractivity contribution in [2.24, 2.45) is 5.92 Å². The van der Waals surface area contributed by atoms with Gasteiger partial charge in [0.25, 0.3) is 0 Å². The van der Waals surface area contributed by atoms with Crippen LogP contribution < -0.4 is 5.32 Å². The topological polar surface area (TPSA) is 54.3 Å². The molecule has 0 amide bonds. The van der Waals surface area contributed by atoms with Gasteiger partial charge in [-0.1, -0.05) is 13.3 Å². The highest BCUT2D eigenvalue weighted by molar-refractivity contribution is 7.89. The van der Waals surface area contributed by atoms with Crippen LogP contribution in [0.5, 0.6) is 0 Å². The molecule has 1 aromatic rings. The molecular formula is C15H27N3O2S. The molecule has 1 heterocycles. The Morgan fingerprint density at radius 1 is 1.38 bits per heavy atom. The lowest BCUT2D eigenvalue weighted by atomic mass is 9.86. The van der Waals surface area contributed by atoms with Gasteiger partial charge < -0.3 is 9.88 Å². The van der Waals surface area contributed by atoms with Crippen LogP contribution in [0.4, 0.5) is 0 Å². The summed E-state index contributed by atoms with van der Waals surface area (Å²) in [5.41, 5.74) is 1.02. The minimum Gasteiger partial charge on any atom is -0.349 e. The molecule has 21 heavy (non-hydrogen) atoms. The molecule has 1 N–H and O–H groups in total. The van der Waals surface area contributed by atoms with Crippen LogP contribution in [0.3, 0.4) is 0 Å². The zero-order chi connectivity index (χ0) is 15.5. The number of aryl methyl sites for hydroxylation is 1. The lowest BCUT2D eigenvalue weighted by Gasteiger charge is -2.29. The first-order chi connectivity index (χ1) is 9.98. The van der Waals surface area contributed by atoms with E-state index >= 15 is 0 Å². The van der Waals surface area contributed by atoms with E-state index in [2.05, 4.69) is 5.32 Å². The van der Waals surface area contributed by atoms with Crippen molar-refractivity contribution in [3.05, 3.63) is 18.0 Å². The average molecular weight is 313 g/mol. The number of hydrogen-bond acceptors (Lipinski definition) is 3. The van der Waals surface area contributed by atoms with E-state index in [-0.39, 0.29) is 0 Å². The van der Waals surface area contributed by atoms with Crippen LogP contribution in [-0.2, 0) is 23.1 Å². The van der Waals surface area contributed by atoms with E-state index in [1.165, 1.54) is 10.7 Å². The summed E-state index contributed by atoms with van der Waals surface area (Å²) in [6.45, 7) is 7.07. The average Bonchev–Trinajstić information content (AvgIpc) is 2.84. The highest BCUT2D eigenvalue weighted by atomic mass is 32.2. The van der Waals surface area contributed by atoms with Gasteiger partial charge in [-0.3, -0.25) is 0 Å². The summed E-state index contributed by atoms with van der Waals surface area (Å²) in [6, 6.07) is 1.80. The van der Waals surface area contributed by atoms with Crippen LogP contribution in [0, 0.1) is 5.92 Å². The Bertz CT molecular complexity index is 561. The van der Waals surface area contributed by atoms with Crippen molar-refractivity contribution >= 4 is 10.0 Å². The lowest BCUT2D eigenvalue weighted by Crippen LogP contribution is -2.34. The fourth-order valence-electron chi connectivity index (χ4n) is 2.68. The molecule has 6 heteroatoms. The first-order valence-electron chi connectivity index (χ1n) is 7.85. The molecule has 0 unspecified atom stereocenters. The van der Waals surface area contributed by atoms with E-state index < -0.39 is 10.0 Å². The van der Waals surface area contributed by atoms with Crippen LogP contribution in [0.1, 0.15) is 38.8 Å². The molecule has 0 saturated heterocycles. The largest absolute Gasteiger partial charge is 0.349 e. The Morgan fingerprint density at radius 3 is 2.62 bits per heavy atom. The summed E-state index contributed by atoms with van der Waals surface area (Å²) >= 11 is 0. The van der Waals surface area contributed by atoms with Crippen molar-refractivity contribution in [2.75, 3.05) is 20.1 Å². The maximum atomic E-state index is 12.7. The standard InChI is InChI=1S/C15H27N3O2S/c1-4-16-10-14-9-15(12-18(14)5-2)21(19,20)17(3)11-13-7-6-8-13/h9,12-13,16H,4-8,10-11H2,1-3H3. The number of sulfonamides is 1. The predicted octanol–water partition coefficient (Wildman–Crippen LogP) is 2.04. The summed E-state index contributed by atoms with van der Waals surface area (Å²) in [6.07, 6.45) is 5.31. The molecule has 2 rings (SSSR count). The van der Waals surface area contributed by atoms with Gasteiger partial charge in [0.1, 0.15) is 4.90 Å². The molecular weight excluding hydrogens is 286 g/mol. The third-order valence-corrected chi connectivity index (χ3v) is 6.09. The van der Waals surface area contributed by atoms with Crippen molar-refractivity contribution in [3.8, 4) is 0 Å². The van der Waals surface area contributed by atoms with Gasteiger partial charge in [-0.15, -0.1) is 0 Å². The first kappa shape index (κ1) is 16.5. The quantitative estimate of drug-likeness (QED) is 0.799. The van der Waals surface area contributed by atoms with Crippen LogP contribution in [0.2, 0.25) is 0 Å². The van der Waals surface area contributed by atoms with E-state index in [9.17, 15) is 8.42 Å². The highest BCUT2D eigenvalue weighted by Crippen LogP contribution is 2.28. The molecule has 0 aliphatic heterocycles. The molecule has 0 radical (unpaired) electrons. The number of nitrogens with zero attached hydrogens (tertiary/aromatic N) is 2. The number of hydrogen-bond donors (Lipinski definition) is 1. The van der Waals surface area contributed by atoms with Crippen LogP contribution >= 0.6 is 0 Å².